The SMILES string of the molecule is CC(O)COc1cc(-c2ccc(N3CCN(C(=O)Cc4ccc(F)cn4)CC3)nc2)c2c(C#N)cnn2c1.O=C(O)C(F)(F)F. The maximum absolute atomic E-state index is 13.1. The van der Waals surface area contributed by atoms with Crippen LogP contribution in [0.5, 0.6) is 5.75 Å². The Morgan fingerprint density at radius 3 is 2.36 bits per heavy atom. The van der Waals surface area contributed by atoms with Gasteiger partial charge in [0.2, 0.25) is 5.91 Å². The summed E-state index contributed by atoms with van der Waals surface area (Å²) < 4.78 is 52.1. The molecule has 0 spiro atoms. The highest BCUT2D eigenvalue weighted by Crippen LogP contribution is 2.31. The second-order valence-corrected chi connectivity index (χ2v) is 9.93. The first-order valence-corrected chi connectivity index (χ1v) is 13.5. The van der Waals surface area contributed by atoms with E-state index in [4.69, 9.17) is 14.6 Å². The summed E-state index contributed by atoms with van der Waals surface area (Å²) in [6.07, 6.45) is 0.477. The number of pyridine rings is 3. The van der Waals surface area contributed by atoms with Crippen molar-refractivity contribution in [1.29, 1.82) is 5.26 Å². The lowest BCUT2D eigenvalue weighted by Gasteiger charge is -2.35. The van der Waals surface area contributed by atoms with Crippen LogP contribution in [0, 0.1) is 17.1 Å². The fraction of sp³-hybridized carbons (Fsp3) is 0.310. The molecule has 1 unspecified atom stereocenters. The fourth-order valence-electron chi connectivity index (χ4n) is 4.39. The summed E-state index contributed by atoms with van der Waals surface area (Å²) in [5, 5.41) is 30.6. The Labute approximate surface area is 253 Å². The van der Waals surface area contributed by atoms with Gasteiger partial charge in [0.15, 0.2) is 0 Å². The van der Waals surface area contributed by atoms with Crippen molar-refractivity contribution in [2.75, 3.05) is 37.7 Å². The van der Waals surface area contributed by atoms with Crippen LogP contribution in [-0.2, 0) is 16.0 Å². The Morgan fingerprint density at radius 1 is 1.09 bits per heavy atom. The smallest absolute Gasteiger partial charge is 0.489 e. The van der Waals surface area contributed by atoms with Crippen LogP contribution in [0.4, 0.5) is 23.4 Å². The van der Waals surface area contributed by atoms with E-state index in [1.54, 1.807) is 28.7 Å². The van der Waals surface area contributed by atoms with Gasteiger partial charge < -0.3 is 24.7 Å². The number of alkyl halides is 3. The number of piperazine rings is 1. The van der Waals surface area contributed by atoms with Crippen LogP contribution in [0.2, 0.25) is 0 Å². The number of nitrogens with zero attached hydrogens (tertiary/aromatic N) is 7. The molecule has 0 aliphatic carbocycles. The van der Waals surface area contributed by atoms with E-state index in [1.807, 2.05) is 18.2 Å². The third kappa shape index (κ3) is 8.42. The Hall–Kier alpha value is -5.30. The van der Waals surface area contributed by atoms with Crippen molar-refractivity contribution in [1.82, 2.24) is 24.5 Å². The van der Waals surface area contributed by atoms with Crippen LogP contribution in [0.1, 0.15) is 18.2 Å². The van der Waals surface area contributed by atoms with Gasteiger partial charge in [-0.3, -0.25) is 9.78 Å². The molecule has 4 aromatic rings. The summed E-state index contributed by atoms with van der Waals surface area (Å²) in [5.41, 5.74) is 3.16. The van der Waals surface area contributed by atoms with Crippen molar-refractivity contribution in [2.45, 2.75) is 25.6 Å². The molecular weight excluding hydrogens is 602 g/mol. The summed E-state index contributed by atoms with van der Waals surface area (Å²) in [5.74, 6) is -1.92. The standard InChI is InChI=1S/C27H26FN7O3.C2HF3O2/c1-18(36)17-38-23-11-24(27-20(12-29)14-32-35(27)16-23)19-2-5-25(31-13-19)33-6-8-34(9-7-33)26(37)10-22-4-3-21(28)15-30-22;3-2(4,5)1(6)7/h2-5,11,13-16,18,36H,6-10,17H2,1H3;(H,6,7). The van der Waals surface area contributed by atoms with Gasteiger partial charge in [-0.05, 0) is 37.3 Å². The molecule has 16 heteroatoms. The molecule has 5 heterocycles. The van der Waals surface area contributed by atoms with Crippen molar-refractivity contribution in [3.05, 3.63) is 72.2 Å². The molecular formula is C29H27F4N7O5. The molecule has 0 aromatic carbocycles. The number of carbonyl (C=O) groups excluding carboxylic acids is 1. The number of fused-ring (bicyclic) bond motifs is 1. The van der Waals surface area contributed by atoms with Crippen molar-refractivity contribution in [3.8, 4) is 22.9 Å². The van der Waals surface area contributed by atoms with E-state index in [9.17, 15) is 32.7 Å². The van der Waals surface area contributed by atoms with Crippen molar-refractivity contribution >= 4 is 23.2 Å². The van der Waals surface area contributed by atoms with Gasteiger partial charge in [-0.2, -0.15) is 23.5 Å². The zero-order valence-corrected chi connectivity index (χ0v) is 23.8. The largest absolute Gasteiger partial charge is 0.490 e. The lowest BCUT2D eigenvalue weighted by Crippen LogP contribution is -2.49. The van der Waals surface area contributed by atoms with E-state index in [0.29, 0.717) is 48.7 Å². The first kappa shape index (κ1) is 32.6. The maximum Gasteiger partial charge on any atom is 0.490 e. The van der Waals surface area contributed by atoms with E-state index in [0.717, 1.165) is 23.1 Å². The van der Waals surface area contributed by atoms with Gasteiger partial charge in [-0.25, -0.2) is 18.7 Å². The van der Waals surface area contributed by atoms with Gasteiger partial charge in [-0.1, -0.05) is 0 Å². The molecule has 1 amide bonds. The van der Waals surface area contributed by atoms with Crippen LogP contribution in [0.3, 0.4) is 0 Å². The number of halogens is 4. The molecule has 236 valence electrons. The first-order chi connectivity index (χ1) is 21.3. The molecule has 2 N–H and O–H groups in total. The number of aliphatic hydroxyl groups excluding tert-OH is 1. The van der Waals surface area contributed by atoms with E-state index in [2.05, 4.69) is 26.0 Å². The van der Waals surface area contributed by atoms with E-state index >= 15 is 0 Å². The molecule has 45 heavy (non-hydrogen) atoms. The molecule has 4 aromatic heterocycles. The molecule has 1 aliphatic rings. The van der Waals surface area contributed by atoms with Crippen LogP contribution in [0.15, 0.2) is 55.1 Å². The van der Waals surface area contributed by atoms with Gasteiger partial charge in [0, 0.05) is 49.2 Å². The average Bonchev–Trinajstić information content (AvgIpc) is 3.44. The highest BCUT2D eigenvalue weighted by Gasteiger charge is 2.38. The summed E-state index contributed by atoms with van der Waals surface area (Å²) >= 11 is 0. The number of hydrogen-bond acceptors (Lipinski definition) is 9. The molecule has 12 nitrogen and oxygen atoms in total. The number of carboxylic acids is 1. The Balaban J connectivity index is 0.000000591. The number of carbonyl (C=O) groups is 2. The summed E-state index contributed by atoms with van der Waals surface area (Å²) in [4.78, 5) is 34.1. The molecule has 0 radical (unpaired) electrons. The average molecular weight is 630 g/mol. The third-order valence-electron chi connectivity index (χ3n) is 6.58. The number of hydrogen-bond donors (Lipinski definition) is 2. The molecule has 1 saturated heterocycles. The number of ether oxygens (including phenoxy) is 1. The van der Waals surface area contributed by atoms with Crippen LogP contribution >= 0.6 is 0 Å². The van der Waals surface area contributed by atoms with Crippen molar-refractivity contribution in [3.63, 3.8) is 0 Å². The molecule has 1 aliphatic heterocycles. The number of nitriles is 1. The Kier molecular flexibility index (Phi) is 10.1. The summed E-state index contributed by atoms with van der Waals surface area (Å²) in [6.45, 7) is 4.12. The predicted octanol–water partition coefficient (Wildman–Crippen LogP) is 3.09. The Bertz CT molecular complexity index is 1680. The van der Waals surface area contributed by atoms with E-state index in [-0.39, 0.29) is 18.9 Å². The summed E-state index contributed by atoms with van der Waals surface area (Å²) in [6, 6.07) is 10.7. The predicted molar refractivity (Wildman–Crippen MR) is 151 cm³/mol. The maximum atomic E-state index is 13.1. The zero-order chi connectivity index (χ0) is 32.7. The number of aromatic nitrogens is 4. The van der Waals surface area contributed by atoms with Crippen LogP contribution in [-0.4, -0.2) is 91.6 Å². The minimum absolute atomic E-state index is 0.0390. The van der Waals surface area contributed by atoms with Crippen molar-refractivity contribution in [2.24, 2.45) is 0 Å². The van der Waals surface area contributed by atoms with E-state index < -0.39 is 24.1 Å². The lowest BCUT2D eigenvalue weighted by atomic mass is 10.1. The summed E-state index contributed by atoms with van der Waals surface area (Å²) in [7, 11) is 0. The topological polar surface area (TPSA) is 157 Å². The number of rotatable bonds is 7. The van der Waals surface area contributed by atoms with Crippen LogP contribution < -0.4 is 9.64 Å². The number of carboxylic acid groups (broad SMARTS) is 1. The quantitative estimate of drug-likeness (QED) is 0.291. The second-order valence-electron chi connectivity index (χ2n) is 9.93. The Morgan fingerprint density at radius 2 is 1.80 bits per heavy atom. The number of aliphatic carboxylic acids is 1. The highest BCUT2D eigenvalue weighted by molar-refractivity contribution is 5.85. The fourth-order valence-corrected chi connectivity index (χ4v) is 4.39. The molecule has 1 fully saturated rings. The third-order valence-corrected chi connectivity index (χ3v) is 6.58. The van der Waals surface area contributed by atoms with Gasteiger partial charge in [0.1, 0.15) is 30.1 Å². The molecule has 5 rings (SSSR count). The number of anilines is 1. The number of aliphatic hydroxyl groups is 1. The normalized spacial score (nSPS) is 13.9. The number of amides is 1. The minimum atomic E-state index is -5.08. The minimum Gasteiger partial charge on any atom is -0.489 e. The highest BCUT2D eigenvalue weighted by atomic mass is 19.4. The molecule has 1 atom stereocenters. The second kappa shape index (κ2) is 14.0. The van der Waals surface area contributed by atoms with Crippen molar-refractivity contribution < 1.29 is 42.1 Å². The van der Waals surface area contributed by atoms with Crippen LogP contribution in [0.25, 0.3) is 16.6 Å². The zero-order valence-electron chi connectivity index (χ0n) is 23.8. The first-order valence-electron chi connectivity index (χ1n) is 13.5. The molecule has 0 saturated carbocycles. The van der Waals surface area contributed by atoms with Gasteiger partial charge >= 0.3 is 12.1 Å². The van der Waals surface area contributed by atoms with E-state index in [1.165, 1.54) is 18.3 Å². The van der Waals surface area contributed by atoms with Gasteiger partial charge in [0.25, 0.3) is 0 Å². The van der Waals surface area contributed by atoms with Gasteiger partial charge in [-0.15, -0.1) is 0 Å². The van der Waals surface area contributed by atoms with Gasteiger partial charge in [0.05, 0.1) is 42.2 Å². The lowest BCUT2D eigenvalue weighted by molar-refractivity contribution is -0.192. The molecule has 0 bridgehead atoms. The monoisotopic (exact) mass is 629 g/mol.